The van der Waals surface area contributed by atoms with Crippen LogP contribution < -0.4 is 3.93 Å². The highest BCUT2D eigenvalue weighted by Crippen LogP contribution is 2.18. The van der Waals surface area contributed by atoms with Gasteiger partial charge in [0.05, 0.1) is 27.4 Å². The fraction of sp³-hybridized carbons (Fsp3) is 0.111. The minimum Gasteiger partial charge on any atom is -0.478 e. The van der Waals surface area contributed by atoms with Gasteiger partial charge in [0, 0.05) is 6.92 Å². The van der Waals surface area contributed by atoms with Gasteiger partial charge >= 0.3 is 5.97 Å². The van der Waals surface area contributed by atoms with Gasteiger partial charge in [0.2, 0.25) is 5.91 Å². The number of nitrogens with zero attached hydrogens (tertiary/aromatic N) is 1. The largest absolute Gasteiger partial charge is 0.478 e. The topological polar surface area (TPSA) is 57.6 Å². The number of aromatic carboxylic acids is 1. The standard InChI is InChI=1S/C9H8BrNO3/c1-6(12)11(10)8-4-2-7(3-5-8)9(13)14/h2-5H,1H3,(H,13,14). The zero-order chi connectivity index (χ0) is 10.7. The van der Waals surface area contributed by atoms with Crippen molar-refractivity contribution >= 4 is 33.7 Å². The SMILES string of the molecule is CC(=O)N(Br)c1ccc(C(=O)O)cc1. The molecule has 74 valence electrons. The normalized spacial score (nSPS) is 9.57. The van der Waals surface area contributed by atoms with Crippen LogP contribution in [0.3, 0.4) is 0 Å². The van der Waals surface area contributed by atoms with E-state index in [1.807, 2.05) is 0 Å². The Morgan fingerprint density at radius 3 is 2.14 bits per heavy atom. The molecule has 1 aromatic rings. The predicted octanol–water partition coefficient (Wildman–Crippen LogP) is 2.05. The highest BCUT2D eigenvalue weighted by Gasteiger charge is 2.08. The van der Waals surface area contributed by atoms with Gasteiger partial charge in [-0.25, -0.2) is 8.72 Å². The number of halogens is 1. The lowest BCUT2D eigenvalue weighted by Crippen LogP contribution is -2.15. The number of amides is 1. The Morgan fingerprint density at radius 2 is 1.79 bits per heavy atom. The number of hydrogen-bond donors (Lipinski definition) is 1. The zero-order valence-corrected chi connectivity index (χ0v) is 8.98. The molecular weight excluding hydrogens is 250 g/mol. The monoisotopic (exact) mass is 257 g/mol. The van der Waals surface area contributed by atoms with Crippen LogP contribution in [0.5, 0.6) is 0 Å². The van der Waals surface area contributed by atoms with E-state index in [0.717, 1.165) is 0 Å². The van der Waals surface area contributed by atoms with Crippen LogP contribution >= 0.6 is 16.1 Å². The van der Waals surface area contributed by atoms with Gasteiger partial charge < -0.3 is 5.11 Å². The van der Waals surface area contributed by atoms with E-state index in [4.69, 9.17) is 5.11 Å². The molecule has 0 heterocycles. The number of hydrogen-bond acceptors (Lipinski definition) is 2. The minimum atomic E-state index is -0.986. The molecule has 1 N–H and O–H groups in total. The molecule has 0 radical (unpaired) electrons. The van der Waals surface area contributed by atoms with Crippen LogP contribution in [0.15, 0.2) is 24.3 Å². The van der Waals surface area contributed by atoms with E-state index in [1.165, 1.54) is 23.0 Å². The van der Waals surface area contributed by atoms with Gasteiger partial charge in [0.1, 0.15) is 0 Å². The average molecular weight is 258 g/mol. The van der Waals surface area contributed by atoms with Crippen molar-refractivity contribution in [2.24, 2.45) is 0 Å². The highest BCUT2D eigenvalue weighted by molar-refractivity contribution is 9.10. The lowest BCUT2D eigenvalue weighted by molar-refractivity contribution is -0.115. The molecule has 4 nitrogen and oxygen atoms in total. The van der Waals surface area contributed by atoms with Crippen LogP contribution in [-0.2, 0) is 4.79 Å². The predicted molar refractivity (Wildman–Crippen MR) is 55.5 cm³/mol. The summed E-state index contributed by atoms with van der Waals surface area (Å²) in [6, 6.07) is 5.99. The van der Waals surface area contributed by atoms with Crippen molar-refractivity contribution in [1.82, 2.24) is 0 Å². The second-order valence-corrected chi connectivity index (χ2v) is 3.36. The number of rotatable bonds is 2. The van der Waals surface area contributed by atoms with Crippen molar-refractivity contribution in [1.29, 1.82) is 0 Å². The zero-order valence-electron chi connectivity index (χ0n) is 7.40. The van der Waals surface area contributed by atoms with Gasteiger partial charge in [-0.3, -0.25) is 4.79 Å². The van der Waals surface area contributed by atoms with E-state index in [9.17, 15) is 9.59 Å². The van der Waals surface area contributed by atoms with Crippen molar-refractivity contribution in [3.05, 3.63) is 29.8 Å². The molecule has 0 saturated carbocycles. The first-order valence-corrected chi connectivity index (χ1v) is 4.53. The fourth-order valence-electron chi connectivity index (χ4n) is 0.917. The van der Waals surface area contributed by atoms with Crippen LogP contribution in [0, 0.1) is 0 Å². The van der Waals surface area contributed by atoms with E-state index >= 15 is 0 Å². The van der Waals surface area contributed by atoms with Gasteiger partial charge in [-0.05, 0) is 24.3 Å². The second kappa shape index (κ2) is 4.23. The molecule has 1 aromatic carbocycles. The number of carbonyl (C=O) groups excluding carboxylic acids is 1. The molecule has 1 rings (SSSR count). The summed E-state index contributed by atoms with van der Waals surface area (Å²) in [6.45, 7) is 1.40. The lowest BCUT2D eigenvalue weighted by atomic mass is 10.2. The van der Waals surface area contributed by atoms with Gasteiger partial charge in [0.15, 0.2) is 0 Å². The summed E-state index contributed by atoms with van der Waals surface area (Å²) in [7, 11) is 0. The van der Waals surface area contributed by atoms with Crippen molar-refractivity contribution in [3.8, 4) is 0 Å². The quantitative estimate of drug-likeness (QED) is 0.826. The van der Waals surface area contributed by atoms with Crippen molar-refractivity contribution in [2.45, 2.75) is 6.92 Å². The summed E-state index contributed by atoms with van der Waals surface area (Å²) in [5.74, 6) is -1.16. The second-order valence-electron chi connectivity index (χ2n) is 2.65. The van der Waals surface area contributed by atoms with Crippen molar-refractivity contribution in [3.63, 3.8) is 0 Å². The first-order chi connectivity index (χ1) is 6.52. The third kappa shape index (κ3) is 2.32. The molecule has 0 aromatic heterocycles. The maximum atomic E-state index is 10.9. The maximum absolute atomic E-state index is 10.9. The summed E-state index contributed by atoms with van der Waals surface area (Å²) in [5.41, 5.74) is 0.792. The summed E-state index contributed by atoms with van der Waals surface area (Å²) in [5, 5.41) is 8.63. The highest BCUT2D eigenvalue weighted by atomic mass is 79.9. The molecule has 1 amide bonds. The average Bonchev–Trinajstić information content (AvgIpc) is 2.16. The molecule has 0 saturated heterocycles. The van der Waals surface area contributed by atoms with E-state index in [-0.39, 0.29) is 11.5 Å². The van der Waals surface area contributed by atoms with Gasteiger partial charge in [-0.1, -0.05) is 0 Å². The van der Waals surface area contributed by atoms with Crippen LogP contribution in [-0.4, -0.2) is 17.0 Å². The molecule has 0 atom stereocenters. The Hall–Kier alpha value is -1.36. The van der Waals surface area contributed by atoms with Gasteiger partial charge in [-0.15, -0.1) is 0 Å². The van der Waals surface area contributed by atoms with E-state index in [2.05, 4.69) is 16.1 Å². The van der Waals surface area contributed by atoms with Crippen molar-refractivity contribution in [2.75, 3.05) is 3.93 Å². The molecule has 0 spiro atoms. The number of anilines is 1. The Morgan fingerprint density at radius 1 is 1.29 bits per heavy atom. The Labute approximate surface area is 89.5 Å². The molecule has 0 fully saturated rings. The maximum Gasteiger partial charge on any atom is 0.335 e. The summed E-state index contributed by atoms with van der Waals surface area (Å²) < 4.78 is 1.26. The first kappa shape index (κ1) is 10.7. The Kier molecular flexibility index (Phi) is 3.24. The van der Waals surface area contributed by atoms with Crippen LogP contribution in [0.25, 0.3) is 0 Å². The first-order valence-electron chi connectivity index (χ1n) is 3.82. The molecule has 5 heteroatoms. The molecule has 0 aliphatic rings. The minimum absolute atomic E-state index is 0.173. The third-order valence-corrected chi connectivity index (χ3v) is 2.53. The number of benzene rings is 1. The van der Waals surface area contributed by atoms with Crippen molar-refractivity contribution < 1.29 is 14.7 Å². The summed E-state index contributed by atoms with van der Waals surface area (Å²) in [6.07, 6.45) is 0. The molecular formula is C9H8BrNO3. The molecule has 14 heavy (non-hydrogen) atoms. The van der Waals surface area contributed by atoms with Gasteiger partial charge in [-0.2, -0.15) is 0 Å². The summed E-state index contributed by atoms with van der Waals surface area (Å²) in [4.78, 5) is 21.4. The van der Waals surface area contributed by atoms with E-state index in [0.29, 0.717) is 5.69 Å². The Bertz CT molecular complexity index is 361. The summed E-state index contributed by atoms with van der Waals surface area (Å²) >= 11 is 3.05. The lowest BCUT2D eigenvalue weighted by Gasteiger charge is -2.11. The Balaban J connectivity index is 2.94. The van der Waals surface area contributed by atoms with Crippen LogP contribution in [0.4, 0.5) is 5.69 Å². The smallest absolute Gasteiger partial charge is 0.335 e. The fourth-order valence-corrected chi connectivity index (χ4v) is 1.15. The molecule has 0 aliphatic heterocycles. The van der Waals surface area contributed by atoms with Crippen LogP contribution in [0.2, 0.25) is 0 Å². The van der Waals surface area contributed by atoms with Crippen LogP contribution in [0.1, 0.15) is 17.3 Å². The van der Waals surface area contributed by atoms with Gasteiger partial charge in [0.25, 0.3) is 0 Å². The number of carbonyl (C=O) groups is 2. The molecule has 0 bridgehead atoms. The molecule has 0 aliphatic carbocycles. The van der Waals surface area contributed by atoms with E-state index in [1.54, 1.807) is 12.1 Å². The number of carboxylic acid groups (broad SMARTS) is 1. The molecule has 0 unspecified atom stereocenters. The van der Waals surface area contributed by atoms with E-state index < -0.39 is 5.97 Å². The third-order valence-electron chi connectivity index (χ3n) is 1.62. The number of carboxylic acids is 1.